The van der Waals surface area contributed by atoms with E-state index in [2.05, 4.69) is 25.9 Å². The fraction of sp³-hybridized carbons (Fsp3) is 0.550. The quantitative estimate of drug-likeness (QED) is 0.104. The number of imidazole rings is 1. The van der Waals surface area contributed by atoms with E-state index in [1.807, 2.05) is 0 Å². The lowest BCUT2D eigenvalue weighted by molar-refractivity contribution is -0.143. The van der Waals surface area contributed by atoms with Crippen LogP contribution in [0.5, 0.6) is 0 Å². The number of nitrogens with one attached hydrogen (secondary N) is 4. The molecule has 0 saturated carbocycles. The summed E-state index contributed by atoms with van der Waals surface area (Å²) in [4.78, 5) is 77.9. The Labute approximate surface area is 205 Å². The van der Waals surface area contributed by atoms with Gasteiger partial charge in [-0.05, 0) is 19.8 Å². The largest absolute Gasteiger partial charge is 0.481 e. The molecule has 200 valence electrons. The average molecular weight is 514 g/mol. The number of nitrogens with two attached hydrogens (primary N) is 2. The molecule has 0 radical (unpaired) electrons. The average Bonchev–Trinajstić information content (AvgIpc) is 3.29. The zero-order valence-electron chi connectivity index (χ0n) is 19.5. The van der Waals surface area contributed by atoms with E-state index in [1.165, 1.54) is 19.4 Å². The summed E-state index contributed by atoms with van der Waals surface area (Å²) >= 11 is 0. The Balaban J connectivity index is 2.94. The number of carboxylic acid groups (broad SMARTS) is 2. The van der Waals surface area contributed by atoms with Crippen LogP contribution >= 0.6 is 0 Å². The molecule has 5 unspecified atom stereocenters. The van der Waals surface area contributed by atoms with E-state index in [9.17, 15) is 39.0 Å². The SMILES string of the molecule is CC(O)C(NC(=O)C(N)Cc1cnc[nH]1)C(=O)NC(CCC(=O)O)C(=O)NC(CCC(N)=O)C(=O)O. The van der Waals surface area contributed by atoms with Crippen LogP contribution < -0.4 is 27.4 Å². The standard InChI is InChI=1S/C20H31N7O9/c1-9(28)16(27-17(32)11(21)6-10-7-23-8-24-10)19(34)25-12(3-5-15(30)31)18(33)26-13(20(35)36)2-4-14(22)29/h7-9,11-13,16,28H,2-6,21H2,1H3,(H2,22,29)(H,23,24)(H,25,34)(H,26,33)(H,27,32)(H,30,31)(H,35,36). The van der Waals surface area contributed by atoms with Crippen LogP contribution in [0.15, 0.2) is 12.5 Å². The van der Waals surface area contributed by atoms with Crippen molar-refractivity contribution in [3.05, 3.63) is 18.2 Å². The van der Waals surface area contributed by atoms with Crippen LogP contribution in [0.25, 0.3) is 0 Å². The number of hydrogen-bond donors (Lipinski definition) is 9. The number of primary amides is 1. The van der Waals surface area contributed by atoms with Crippen molar-refractivity contribution in [3.63, 3.8) is 0 Å². The van der Waals surface area contributed by atoms with Gasteiger partial charge in [0.25, 0.3) is 0 Å². The summed E-state index contributed by atoms with van der Waals surface area (Å²) in [5, 5.41) is 34.9. The third-order valence-electron chi connectivity index (χ3n) is 4.97. The van der Waals surface area contributed by atoms with Crippen molar-refractivity contribution >= 4 is 35.6 Å². The second-order valence-corrected chi connectivity index (χ2v) is 8.01. The molecule has 1 aromatic heterocycles. The van der Waals surface area contributed by atoms with E-state index >= 15 is 0 Å². The molecule has 16 heteroatoms. The van der Waals surface area contributed by atoms with Gasteiger partial charge in [0.05, 0.1) is 18.5 Å². The number of carbonyl (C=O) groups excluding carboxylic acids is 4. The molecule has 0 bridgehead atoms. The van der Waals surface area contributed by atoms with Crippen molar-refractivity contribution in [2.24, 2.45) is 11.5 Å². The molecule has 0 saturated heterocycles. The van der Waals surface area contributed by atoms with Crippen LogP contribution in [0.2, 0.25) is 0 Å². The predicted octanol–water partition coefficient (Wildman–Crippen LogP) is -3.67. The van der Waals surface area contributed by atoms with Gasteiger partial charge in [0, 0.05) is 31.2 Å². The topological polar surface area (TPSA) is 280 Å². The maximum Gasteiger partial charge on any atom is 0.326 e. The normalized spacial score (nSPS) is 15.0. The number of aliphatic carboxylic acids is 2. The van der Waals surface area contributed by atoms with Crippen LogP contribution in [0.1, 0.15) is 38.3 Å². The van der Waals surface area contributed by atoms with E-state index in [1.54, 1.807) is 0 Å². The van der Waals surface area contributed by atoms with Crippen LogP contribution in [0, 0.1) is 0 Å². The maximum atomic E-state index is 12.8. The molecule has 1 rings (SSSR count). The number of aromatic amines is 1. The maximum absolute atomic E-state index is 12.8. The molecule has 0 aliphatic rings. The summed E-state index contributed by atoms with van der Waals surface area (Å²) in [5.74, 6) is -6.46. The van der Waals surface area contributed by atoms with E-state index < -0.39 is 78.7 Å². The van der Waals surface area contributed by atoms with E-state index in [-0.39, 0.29) is 19.3 Å². The van der Waals surface area contributed by atoms with Crippen molar-refractivity contribution in [2.45, 2.75) is 69.3 Å². The van der Waals surface area contributed by atoms with Crippen molar-refractivity contribution < 1.29 is 44.1 Å². The summed E-state index contributed by atoms with van der Waals surface area (Å²) in [7, 11) is 0. The van der Waals surface area contributed by atoms with Crippen LogP contribution in [-0.4, -0.2) is 91.1 Å². The number of carboxylic acids is 2. The molecular formula is C20H31N7O9. The molecule has 0 fully saturated rings. The highest BCUT2D eigenvalue weighted by Gasteiger charge is 2.32. The molecular weight excluding hydrogens is 482 g/mol. The Morgan fingerprint density at radius 3 is 2.08 bits per heavy atom. The fourth-order valence-electron chi connectivity index (χ4n) is 3.01. The first-order valence-electron chi connectivity index (χ1n) is 10.9. The first-order valence-corrected chi connectivity index (χ1v) is 10.9. The number of H-pyrrole nitrogens is 1. The molecule has 0 spiro atoms. The number of carbonyl (C=O) groups is 6. The summed E-state index contributed by atoms with van der Waals surface area (Å²) in [6.07, 6.45) is -0.255. The second-order valence-electron chi connectivity index (χ2n) is 8.01. The van der Waals surface area contributed by atoms with Crippen molar-refractivity contribution in [1.29, 1.82) is 0 Å². The highest BCUT2D eigenvalue weighted by Crippen LogP contribution is 2.05. The summed E-state index contributed by atoms with van der Waals surface area (Å²) < 4.78 is 0. The van der Waals surface area contributed by atoms with Gasteiger partial charge in [0.15, 0.2) is 0 Å². The Kier molecular flexibility index (Phi) is 12.0. The van der Waals surface area contributed by atoms with Gasteiger partial charge in [0.2, 0.25) is 23.6 Å². The Hall–Kier alpha value is -4.05. The van der Waals surface area contributed by atoms with Crippen LogP contribution in [0.3, 0.4) is 0 Å². The first kappa shape index (κ1) is 30.0. The molecule has 4 amide bonds. The lowest BCUT2D eigenvalue weighted by Crippen LogP contribution is -2.60. The number of aromatic nitrogens is 2. The smallest absolute Gasteiger partial charge is 0.326 e. The Bertz CT molecular complexity index is 936. The van der Waals surface area contributed by atoms with Crippen LogP contribution in [0.4, 0.5) is 0 Å². The van der Waals surface area contributed by atoms with Gasteiger partial charge in [-0.25, -0.2) is 9.78 Å². The molecule has 1 heterocycles. The molecule has 0 aromatic carbocycles. The molecule has 1 aromatic rings. The monoisotopic (exact) mass is 513 g/mol. The van der Waals surface area contributed by atoms with Crippen molar-refractivity contribution in [1.82, 2.24) is 25.9 Å². The van der Waals surface area contributed by atoms with Gasteiger partial charge in [-0.2, -0.15) is 0 Å². The summed E-state index contributed by atoms with van der Waals surface area (Å²) in [6.45, 7) is 1.20. The van der Waals surface area contributed by atoms with E-state index in [0.717, 1.165) is 0 Å². The fourth-order valence-corrected chi connectivity index (χ4v) is 3.01. The van der Waals surface area contributed by atoms with Gasteiger partial charge in [0.1, 0.15) is 18.1 Å². The first-order chi connectivity index (χ1) is 16.8. The van der Waals surface area contributed by atoms with E-state index in [4.69, 9.17) is 16.6 Å². The molecule has 0 aliphatic heterocycles. The van der Waals surface area contributed by atoms with Crippen molar-refractivity contribution in [3.8, 4) is 0 Å². The number of rotatable bonds is 16. The molecule has 5 atom stereocenters. The van der Waals surface area contributed by atoms with Gasteiger partial charge in [-0.3, -0.25) is 24.0 Å². The summed E-state index contributed by atoms with van der Waals surface area (Å²) in [5.41, 5.74) is 11.4. The molecule has 16 nitrogen and oxygen atoms in total. The summed E-state index contributed by atoms with van der Waals surface area (Å²) in [6, 6.07) is -5.77. The molecule has 0 aliphatic carbocycles. The molecule has 11 N–H and O–H groups in total. The van der Waals surface area contributed by atoms with Crippen molar-refractivity contribution in [2.75, 3.05) is 0 Å². The van der Waals surface area contributed by atoms with Crippen LogP contribution in [-0.2, 0) is 35.2 Å². The zero-order valence-corrected chi connectivity index (χ0v) is 19.5. The second kappa shape index (κ2) is 14.4. The third-order valence-corrected chi connectivity index (χ3v) is 4.97. The lowest BCUT2D eigenvalue weighted by atomic mass is 10.1. The minimum absolute atomic E-state index is 0.0471. The van der Waals surface area contributed by atoms with Gasteiger partial charge >= 0.3 is 11.9 Å². The van der Waals surface area contributed by atoms with Gasteiger partial charge in [-0.15, -0.1) is 0 Å². The number of amides is 4. The number of hydrogen-bond acceptors (Lipinski definition) is 9. The predicted molar refractivity (Wildman–Crippen MR) is 121 cm³/mol. The Morgan fingerprint density at radius 1 is 0.972 bits per heavy atom. The Morgan fingerprint density at radius 2 is 1.58 bits per heavy atom. The van der Waals surface area contributed by atoms with Gasteiger partial charge in [-0.1, -0.05) is 0 Å². The number of nitrogens with zero attached hydrogens (tertiary/aromatic N) is 1. The number of aliphatic hydroxyl groups is 1. The minimum atomic E-state index is -1.57. The van der Waals surface area contributed by atoms with E-state index in [0.29, 0.717) is 5.69 Å². The minimum Gasteiger partial charge on any atom is -0.481 e. The zero-order chi connectivity index (χ0) is 27.4. The highest BCUT2D eigenvalue weighted by molar-refractivity contribution is 5.94. The molecule has 36 heavy (non-hydrogen) atoms. The lowest BCUT2D eigenvalue weighted by Gasteiger charge is -2.26. The highest BCUT2D eigenvalue weighted by atomic mass is 16.4. The van der Waals surface area contributed by atoms with Gasteiger partial charge < -0.3 is 47.7 Å². The third kappa shape index (κ3) is 10.5. The number of aliphatic hydroxyl groups excluding tert-OH is 1.